The molecular formula is C22H20O6. The van der Waals surface area contributed by atoms with Gasteiger partial charge in [0.05, 0.1) is 13.5 Å². The summed E-state index contributed by atoms with van der Waals surface area (Å²) in [6.07, 6.45) is 0.0384. The first-order valence-corrected chi connectivity index (χ1v) is 8.82. The van der Waals surface area contributed by atoms with Crippen molar-refractivity contribution in [3.8, 4) is 5.75 Å². The summed E-state index contributed by atoms with van der Waals surface area (Å²) in [6.45, 7) is 1.86. The molecule has 0 bridgehead atoms. The van der Waals surface area contributed by atoms with Crippen molar-refractivity contribution in [3.05, 3.63) is 75.6 Å². The molecule has 0 unspecified atom stereocenters. The molecule has 0 amide bonds. The SMILES string of the molecule is COc1ccc2c(COC(=O)CCC(=O)c3ccc(C)cc3)cc(=O)oc2c1. The van der Waals surface area contributed by atoms with Gasteiger partial charge in [-0.2, -0.15) is 0 Å². The molecule has 3 aromatic rings. The summed E-state index contributed by atoms with van der Waals surface area (Å²) in [6, 6.07) is 13.6. The van der Waals surface area contributed by atoms with Crippen LogP contribution in [0, 0.1) is 6.92 Å². The summed E-state index contributed by atoms with van der Waals surface area (Å²) in [5.41, 5.74) is 1.98. The average molecular weight is 380 g/mol. The fourth-order valence-electron chi connectivity index (χ4n) is 2.79. The van der Waals surface area contributed by atoms with Crippen LogP contribution < -0.4 is 10.4 Å². The molecule has 6 nitrogen and oxygen atoms in total. The normalized spacial score (nSPS) is 10.6. The van der Waals surface area contributed by atoms with Gasteiger partial charge in [-0.1, -0.05) is 29.8 Å². The van der Waals surface area contributed by atoms with Gasteiger partial charge in [-0.3, -0.25) is 9.59 Å². The summed E-state index contributed by atoms with van der Waals surface area (Å²) in [5, 5.41) is 0.656. The molecule has 0 aliphatic carbocycles. The number of esters is 1. The van der Waals surface area contributed by atoms with E-state index in [-0.39, 0.29) is 25.2 Å². The number of benzene rings is 2. The molecule has 0 radical (unpaired) electrons. The van der Waals surface area contributed by atoms with Crippen LogP contribution in [0.25, 0.3) is 11.0 Å². The first kappa shape index (κ1) is 19.4. The molecule has 0 saturated heterocycles. The summed E-state index contributed by atoms with van der Waals surface area (Å²) < 4.78 is 15.5. The van der Waals surface area contributed by atoms with Gasteiger partial charge in [0.1, 0.15) is 17.9 Å². The lowest BCUT2D eigenvalue weighted by Crippen LogP contribution is -2.10. The number of carbonyl (C=O) groups excluding carboxylic acids is 2. The third kappa shape index (κ3) is 4.65. The highest BCUT2D eigenvalue weighted by Crippen LogP contribution is 2.23. The predicted octanol–water partition coefficient (Wildman–Crippen LogP) is 3.82. The lowest BCUT2D eigenvalue weighted by molar-refractivity contribution is -0.144. The number of hydrogen-bond acceptors (Lipinski definition) is 6. The molecule has 0 spiro atoms. The van der Waals surface area contributed by atoms with Crippen molar-refractivity contribution in [1.82, 2.24) is 0 Å². The highest BCUT2D eigenvalue weighted by Gasteiger charge is 2.12. The molecule has 0 fully saturated rings. The van der Waals surface area contributed by atoms with Gasteiger partial charge in [0.15, 0.2) is 5.78 Å². The lowest BCUT2D eigenvalue weighted by atomic mass is 10.1. The number of ketones is 1. The number of aryl methyl sites for hydroxylation is 1. The van der Waals surface area contributed by atoms with E-state index in [2.05, 4.69) is 0 Å². The van der Waals surface area contributed by atoms with Crippen molar-refractivity contribution >= 4 is 22.7 Å². The molecule has 28 heavy (non-hydrogen) atoms. The number of Topliss-reactive ketones (excluding diaryl/α,β-unsaturated/α-hetero) is 1. The Balaban J connectivity index is 1.62. The van der Waals surface area contributed by atoms with Crippen LogP contribution in [-0.4, -0.2) is 18.9 Å². The minimum atomic E-state index is -0.540. The molecule has 0 atom stereocenters. The van der Waals surface area contributed by atoms with Crippen LogP contribution in [0.5, 0.6) is 5.75 Å². The zero-order valence-electron chi connectivity index (χ0n) is 15.7. The molecule has 3 rings (SSSR count). The Morgan fingerprint density at radius 3 is 2.46 bits per heavy atom. The standard InChI is InChI=1S/C22H20O6/c1-14-3-5-15(6-4-14)19(23)9-10-21(24)27-13-16-11-22(25)28-20-12-17(26-2)7-8-18(16)20/h3-8,11-12H,9-10,13H2,1-2H3. The fourth-order valence-corrected chi connectivity index (χ4v) is 2.79. The Bertz CT molecular complexity index is 1060. The van der Waals surface area contributed by atoms with Gasteiger partial charge >= 0.3 is 11.6 Å². The van der Waals surface area contributed by atoms with Crippen LogP contribution in [0.1, 0.15) is 34.3 Å². The lowest BCUT2D eigenvalue weighted by Gasteiger charge is -2.08. The highest BCUT2D eigenvalue weighted by atomic mass is 16.5. The quantitative estimate of drug-likeness (QED) is 0.352. The third-order valence-electron chi connectivity index (χ3n) is 4.36. The molecule has 6 heteroatoms. The van der Waals surface area contributed by atoms with Crippen LogP contribution in [-0.2, 0) is 16.1 Å². The number of fused-ring (bicyclic) bond motifs is 1. The highest BCUT2D eigenvalue weighted by molar-refractivity contribution is 5.97. The predicted molar refractivity (Wildman–Crippen MR) is 104 cm³/mol. The van der Waals surface area contributed by atoms with Gasteiger partial charge in [-0.25, -0.2) is 4.79 Å². The second-order valence-electron chi connectivity index (χ2n) is 6.40. The zero-order valence-corrected chi connectivity index (χ0v) is 15.7. The van der Waals surface area contributed by atoms with E-state index in [1.54, 1.807) is 30.3 Å². The van der Waals surface area contributed by atoms with Gasteiger partial charge < -0.3 is 13.9 Å². The van der Waals surface area contributed by atoms with Crippen molar-refractivity contribution in [2.75, 3.05) is 7.11 Å². The molecule has 2 aromatic carbocycles. The van der Waals surface area contributed by atoms with Gasteiger partial charge in [-0.05, 0) is 19.1 Å². The van der Waals surface area contributed by atoms with E-state index in [0.717, 1.165) is 5.56 Å². The van der Waals surface area contributed by atoms with E-state index in [4.69, 9.17) is 13.9 Å². The van der Waals surface area contributed by atoms with E-state index in [9.17, 15) is 14.4 Å². The Morgan fingerprint density at radius 2 is 1.75 bits per heavy atom. The van der Waals surface area contributed by atoms with Crippen LogP contribution in [0.3, 0.4) is 0 Å². The first-order valence-electron chi connectivity index (χ1n) is 8.82. The van der Waals surface area contributed by atoms with Crippen molar-refractivity contribution in [3.63, 3.8) is 0 Å². The molecule has 0 N–H and O–H groups in total. The Kier molecular flexibility index (Phi) is 5.89. The topological polar surface area (TPSA) is 82.8 Å². The van der Waals surface area contributed by atoms with Gasteiger partial charge in [0.2, 0.25) is 0 Å². The number of rotatable bonds is 7. The van der Waals surface area contributed by atoms with Crippen LogP contribution >= 0.6 is 0 Å². The summed E-state index contributed by atoms with van der Waals surface area (Å²) in [5.74, 6) is -0.0652. The molecule has 0 saturated carbocycles. The second kappa shape index (κ2) is 8.52. The summed E-state index contributed by atoms with van der Waals surface area (Å²) >= 11 is 0. The van der Waals surface area contributed by atoms with Crippen LogP contribution in [0.4, 0.5) is 0 Å². The summed E-state index contributed by atoms with van der Waals surface area (Å²) in [7, 11) is 1.52. The monoisotopic (exact) mass is 380 g/mol. The number of methoxy groups -OCH3 is 1. The van der Waals surface area contributed by atoms with Crippen molar-refractivity contribution in [1.29, 1.82) is 0 Å². The molecule has 1 heterocycles. The van der Waals surface area contributed by atoms with E-state index in [1.807, 2.05) is 19.1 Å². The number of carbonyl (C=O) groups is 2. The first-order chi connectivity index (χ1) is 13.5. The van der Waals surface area contributed by atoms with E-state index in [1.165, 1.54) is 13.2 Å². The molecule has 1 aromatic heterocycles. The molecule has 0 aliphatic rings. The van der Waals surface area contributed by atoms with Gasteiger partial charge in [0, 0.05) is 35.1 Å². The smallest absolute Gasteiger partial charge is 0.336 e. The van der Waals surface area contributed by atoms with Crippen LogP contribution in [0.15, 0.2) is 57.7 Å². The maximum absolute atomic E-state index is 12.1. The largest absolute Gasteiger partial charge is 0.497 e. The van der Waals surface area contributed by atoms with Crippen molar-refractivity contribution < 1.29 is 23.5 Å². The van der Waals surface area contributed by atoms with Gasteiger partial charge in [0.25, 0.3) is 0 Å². The Labute approximate surface area is 161 Å². The Morgan fingerprint density at radius 1 is 1.00 bits per heavy atom. The second-order valence-corrected chi connectivity index (χ2v) is 6.40. The fraction of sp³-hybridized carbons (Fsp3) is 0.227. The molecule has 0 aliphatic heterocycles. The van der Waals surface area contributed by atoms with E-state index < -0.39 is 11.6 Å². The third-order valence-corrected chi connectivity index (χ3v) is 4.36. The average Bonchev–Trinajstić information content (AvgIpc) is 2.70. The minimum absolute atomic E-state index is 0.0279. The van der Waals surface area contributed by atoms with Crippen molar-refractivity contribution in [2.24, 2.45) is 0 Å². The number of hydrogen-bond donors (Lipinski definition) is 0. The van der Waals surface area contributed by atoms with Gasteiger partial charge in [-0.15, -0.1) is 0 Å². The Hall–Kier alpha value is -3.41. The minimum Gasteiger partial charge on any atom is -0.497 e. The summed E-state index contributed by atoms with van der Waals surface area (Å²) in [4.78, 5) is 35.9. The van der Waals surface area contributed by atoms with E-state index >= 15 is 0 Å². The zero-order chi connectivity index (χ0) is 20.1. The van der Waals surface area contributed by atoms with Crippen molar-refractivity contribution in [2.45, 2.75) is 26.4 Å². The van der Waals surface area contributed by atoms with E-state index in [0.29, 0.717) is 27.8 Å². The molecular weight excluding hydrogens is 360 g/mol. The maximum Gasteiger partial charge on any atom is 0.336 e. The maximum atomic E-state index is 12.1. The number of ether oxygens (including phenoxy) is 2. The molecule has 144 valence electrons. The van der Waals surface area contributed by atoms with Crippen LogP contribution in [0.2, 0.25) is 0 Å².